The molecule has 1 aromatic carbocycles. The summed E-state index contributed by atoms with van der Waals surface area (Å²) < 4.78 is 0. The molecule has 1 aliphatic carbocycles. The molecule has 0 bridgehead atoms. The highest BCUT2D eigenvalue weighted by atomic mass is 35.5. The van der Waals surface area contributed by atoms with Crippen LogP contribution in [0.3, 0.4) is 0 Å². The van der Waals surface area contributed by atoms with Crippen LogP contribution < -0.4 is 5.32 Å². The van der Waals surface area contributed by atoms with Crippen LogP contribution in [0.2, 0.25) is 5.02 Å². The van der Waals surface area contributed by atoms with E-state index in [1.54, 1.807) is 24.0 Å². The van der Waals surface area contributed by atoms with E-state index in [1.807, 2.05) is 19.1 Å². The smallest absolute Gasteiger partial charge is 0.320 e. The summed E-state index contributed by atoms with van der Waals surface area (Å²) in [6.07, 6.45) is 1.91. The number of amides is 1. The van der Waals surface area contributed by atoms with Gasteiger partial charge in [-0.15, -0.1) is 0 Å². The summed E-state index contributed by atoms with van der Waals surface area (Å²) in [4.78, 5) is 25.1. The Kier molecular flexibility index (Phi) is 5.42. The fourth-order valence-corrected chi connectivity index (χ4v) is 2.54. The number of carboxylic acids is 1. The molecule has 0 aromatic heterocycles. The largest absolute Gasteiger partial charge is 0.480 e. The van der Waals surface area contributed by atoms with Crippen LogP contribution in [-0.2, 0) is 9.59 Å². The summed E-state index contributed by atoms with van der Waals surface area (Å²) in [7, 11) is 0. The molecule has 0 heterocycles. The second-order valence-electron chi connectivity index (χ2n) is 5.76. The predicted octanol–water partition coefficient (Wildman–Crippen LogP) is 2.45. The van der Waals surface area contributed by atoms with Crippen LogP contribution >= 0.6 is 11.6 Å². The second kappa shape index (κ2) is 7.11. The van der Waals surface area contributed by atoms with Crippen LogP contribution in [-0.4, -0.2) is 40.5 Å². The zero-order chi connectivity index (χ0) is 16.3. The lowest BCUT2D eigenvalue weighted by molar-refractivity contribution is -0.143. The third-order valence-electron chi connectivity index (χ3n) is 3.94. The molecule has 5 nitrogen and oxygen atoms in total. The van der Waals surface area contributed by atoms with Gasteiger partial charge in [-0.05, 0) is 44.4 Å². The number of rotatable bonds is 7. The molecule has 1 aromatic rings. The number of halogens is 1. The summed E-state index contributed by atoms with van der Waals surface area (Å²) in [5.74, 6) is -1.06. The summed E-state index contributed by atoms with van der Waals surface area (Å²) in [5.41, 5.74) is 0.960. The van der Waals surface area contributed by atoms with Crippen molar-refractivity contribution in [3.05, 3.63) is 34.9 Å². The second-order valence-corrected chi connectivity index (χ2v) is 6.19. The van der Waals surface area contributed by atoms with Crippen molar-refractivity contribution in [1.82, 2.24) is 10.2 Å². The normalized spacial score (nSPS) is 17.1. The molecular formula is C16H21ClN2O3. The molecule has 2 N–H and O–H groups in total. The van der Waals surface area contributed by atoms with Gasteiger partial charge in [-0.3, -0.25) is 14.5 Å². The maximum Gasteiger partial charge on any atom is 0.320 e. The van der Waals surface area contributed by atoms with Gasteiger partial charge in [0.1, 0.15) is 6.04 Å². The monoisotopic (exact) mass is 324 g/mol. The molecule has 6 heteroatoms. The van der Waals surface area contributed by atoms with Crippen LogP contribution in [0.1, 0.15) is 38.3 Å². The molecule has 1 fully saturated rings. The van der Waals surface area contributed by atoms with Gasteiger partial charge >= 0.3 is 5.97 Å². The number of carbonyl (C=O) groups excluding carboxylic acids is 1. The fraction of sp³-hybridized carbons (Fsp3) is 0.500. The Bertz CT molecular complexity index is 543. The van der Waals surface area contributed by atoms with E-state index in [-0.39, 0.29) is 24.5 Å². The maximum atomic E-state index is 12.2. The van der Waals surface area contributed by atoms with Crippen LogP contribution in [0.15, 0.2) is 24.3 Å². The average molecular weight is 325 g/mol. The van der Waals surface area contributed by atoms with E-state index in [0.29, 0.717) is 5.02 Å². The van der Waals surface area contributed by atoms with Crippen molar-refractivity contribution >= 4 is 23.5 Å². The van der Waals surface area contributed by atoms with Crippen molar-refractivity contribution in [2.75, 3.05) is 6.54 Å². The van der Waals surface area contributed by atoms with Crippen LogP contribution in [0.4, 0.5) is 0 Å². The van der Waals surface area contributed by atoms with Crippen molar-refractivity contribution < 1.29 is 14.7 Å². The Balaban J connectivity index is 1.93. The summed E-state index contributed by atoms with van der Waals surface area (Å²) in [5, 5.41) is 12.7. The molecule has 0 saturated heterocycles. The van der Waals surface area contributed by atoms with Crippen molar-refractivity contribution in [2.45, 2.75) is 44.8 Å². The zero-order valence-corrected chi connectivity index (χ0v) is 13.5. The van der Waals surface area contributed by atoms with Gasteiger partial charge in [-0.2, -0.15) is 0 Å². The average Bonchev–Trinajstić information content (AvgIpc) is 3.29. The number of nitrogens with zero attached hydrogens (tertiary/aromatic N) is 1. The first kappa shape index (κ1) is 16.8. The van der Waals surface area contributed by atoms with Gasteiger partial charge in [0, 0.05) is 11.1 Å². The van der Waals surface area contributed by atoms with E-state index < -0.39 is 12.0 Å². The summed E-state index contributed by atoms with van der Waals surface area (Å²) >= 11 is 5.85. The number of carbonyl (C=O) groups is 2. The summed E-state index contributed by atoms with van der Waals surface area (Å²) in [6.45, 7) is 3.62. The van der Waals surface area contributed by atoms with E-state index in [0.717, 1.165) is 18.4 Å². The van der Waals surface area contributed by atoms with Crippen molar-refractivity contribution in [3.8, 4) is 0 Å². The van der Waals surface area contributed by atoms with Crippen molar-refractivity contribution in [3.63, 3.8) is 0 Å². The quantitative estimate of drug-likeness (QED) is 0.808. The number of aliphatic carboxylic acids is 1. The lowest BCUT2D eigenvalue weighted by Gasteiger charge is -2.26. The van der Waals surface area contributed by atoms with Crippen LogP contribution in [0.25, 0.3) is 0 Å². The minimum Gasteiger partial charge on any atom is -0.480 e. The van der Waals surface area contributed by atoms with Gasteiger partial charge in [-0.25, -0.2) is 0 Å². The van der Waals surface area contributed by atoms with Crippen LogP contribution in [0, 0.1) is 0 Å². The van der Waals surface area contributed by atoms with Gasteiger partial charge in [0.2, 0.25) is 5.91 Å². The molecule has 2 rings (SSSR count). The van der Waals surface area contributed by atoms with Gasteiger partial charge < -0.3 is 10.4 Å². The number of hydrogen-bond acceptors (Lipinski definition) is 3. The van der Waals surface area contributed by atoms with E-state index in [4.69, 9.17) is 16.7 Å². The summed E-state index contributed by atoms with van der Waals surface area (Å²) in [6, 6.07) is 6.71. The first-order valence-electron chi connectivity index (χ1n) is 7.42. The lowest BCUT2D eigenvalue weighted by atomic mass is 10.1. The molecule has 22 heavy (non-hydrogen) atoms. The topological polar surface area (TPSA) is 69.6 Å². The Morgan fingerprint density at radius 1 is 1.32 bits per heavy atom. The third kappa shape index (κ3) is 4.45. The molecule has 0 spiro atoms. The van der Waals surface area contributed by atoms with Gasteiger partial charge in [0.25, 0.3) is 0 Å². The predicted molar refractivity (Wildman–Crippen MR) is 84.8 cm³/mol. The zero-order valence-electron chi connectivity index (χ0n) is 12.8. The Hall–Kier alpha value is -1.59. The SMILES string of the molecule is CC(NC(=O)CN(C1CC1)C(C)C(=O)O)c1ccc(Cl)cc1. The highest BCUT2D eigenvalue weighted by Crippen LogP contribution is 2.28. The van der Waals surface area contributed by atoms with E-state index in [9.17, 15) is 9.59 Å². The maximum absolute atomic E-state index is 12.2. The number of hydrogen-bond donors (Lipinski definition) is 2. The first-order chi connectivity index (χ1) is 10.4. The fourth-order valence-electron chi connectivity index (χ4n) is 2.42. The van der Waals surface area contributed by atoms with Crippen molar-refractivity contribution in [2.24, 2.45) is 0 Å². The van der Waals surface area contributed by atoms with Gasteiger partial charge in [-0.1, -0.05) is 23.7 Å². The van der Waals surface area contributed by atoms with E-state index >= 15 is 0 Å². The molecular weight excluding hydrogens is 304 g/mol. The standard InChI is InChI=1S/C16H21ClN2O3/c1-10(12-3-5-13(17)6-4-12)18-15(20)9-19(14-7-8-14)11(2)16(21)22/h3-6,10-11,14H,7-9H2,1-2H3,(H,18,20)(H,21,22). The first-order valence-corrected chi connectivity index (χ1v) is 7.79. The highest BCUT2D eigenvalue weighted by molar-refractivity contribution is 6.30. The number of benzene rings is 1. The Morgan fingerprint density at radius 3 is 2.41 bits per heavy atom. The van der Waals surface area contributed by atoms with Crippen molar-refractivity contribution in [1.29, 1.82) is 0 Å². The van der Waals surface area contributed by atoms with E-state index in [1.165, 1.54) is 0 Å². The van der Waals surface area contributed by atoms with Crippen LogP contribution in [0.5, 0.6) is 0 Å². The minimum absolute atomic E-state index is 0.107. The lowest BCUT2D eigenvalue weighted by Crippen LogP contribution is -2.46. The number of carboxylic acid groups (broad SMARTS) is 1. The Labute approximate surface area is 135 Å². The molecule has 1 saturated carbocycles. The molecule has 120 valence electrons. The van der Waals surface area contributed by atoms with Gasteiger partial charge in [0.15, 0.2) is 0 Å². The molecule has 2 unspecified atom stereocenters. The van der Waals surface area contributed by atoms with Gasteiger partial charge in [0.05, 0.1) is 12.6 Å². The Morgan fingerprint density at radius 2 is 1.91 bits per heavy atom. The molecule has 1 aliphatic rings. The molecule has 0 aliphatic heterocycles. The minimum atomic E-state index is -0.898. The van der Waals surface area contributed by atoms with E-state index in [2.05, 4.69) is 5.32 Å². The molecule has 2 atom stereocenters. The molecule has 0 radical (unpaired) electrons. The molecule has 1 amide bonds. The number of nitrogens with one attached hydrogen (secondary N) is 1. The third-order valence-corrected chi connectivity index (χ3v) is 4.20. The highest BCUT2D eigenvalue weighted by Gasteiger charge is 2.36.